The van der Waals surface area contributed by atoms with Crippen LogP contribution in [-0.2, 0) is 11.2 Å². The van der Waals surface area contributed by atoms with Crippen molar-refractivity contribution >= 4 is 5.91 Å². The van der Waals surface area contributed by atoms with Crippen molar-refractivity contribution in [1.82, 2.24) is 10.3 Å². The van der Waals surface area contributed by atoms with Crippen LogP contribution in [0.25, 0.3) is 11.3 Å². The van der Waals surface area contributed by atoms with E-state index in [1.54, 1.807) is 0 Å². The van der Waals surface area contributed by atoms with Crippen LogP contribution in [0.4, 0.5) is 0 Å². The van der Waals surface area contributed by atoms with Crippen molar-refractivity contribution in [2.45, 2.75) is 51.5 Å². The maximum absolute atomic E-state index is 12.3. The van der Waals surface area contributed by atoms with Crippen LogP contribution in [0.15, 0.2) is 48.7 Å². The van der Waals surface area contributed by atoms with E-state index in [0.29, 0.717) is 12.3 Å². The van der Waals surface area contributed by atoms with E-state index in [4.69, 9.17) is 0 Å². The summed E-state index contributed by atoms with van der Waals surface area (Å²) in [5, 5.41) is 3.18. The molecule has 126 valence electrons. The van der Waals surface area contributed by atoms with Gasteiger partial charge in [0.2, 0.25) is 5.91 Å². The van der Waals surface area contributed by atoms with E-state index in [1.165, 1.54) is 32.1 Å². The van der Waals surface area contributed by atoms with Gasteiger partial charge in [-0.3, -0.25) is 9.78 Å². The molecule has 0 unspecified atom stereocenters. The van der Waals surface area contributed by atoms with Crippen molar-refractivity contribution in [3.63, 3.8) is 0 Å². The Morgan fingerprint density at radius 2 is 1.88 bits per heavy atom. The van der Waals surface area contributed by atoms with Gasteiger partial charge in [0, 0.05) is 17.8 Å². The van der Waals surface area contributed by atoms with Gasteiger partial charge in [-0.25, -0.2) is 0 Å². The number of hydrogen-bond acceptors (Lipinski definition) is 2. The number of benzene rings is 1. The number of hydrogen-bond donors (Lipinski definition) is 1. The molecule has 1 atom stereocenters. The molecule has 1 aliphatic rings. The Kier molecular flexibility index (Phi) is 5.63. The zero-order chi connectivity index (χ0) is 16.8. The normalized spacial score (nSPS) is 16.5. The summed E-state index contributed by atoms with van der Waals surface area (Å²) in [6.45, 7) is 2.14. The quantitative estimate of drug-likeness (QED) is 0.888. The van der Waals surface area contributed by atoms with Gasteiger partial charge in [-0.2, -0.15) is 0 Å². The van der Waals surface area contributed by atoms with Crippen molar-refractivity contribution in [3.8, 4) is 11.3 Å². The Morgan fingerprint density at radius 3 is 2.54 bits per heavy atom. The van der Waals surface area contributed by atoms with Crippen LogP contribution >= 0.6 is 0 Å². The average molecular weight is 322 g/mol. The van der Waals surface area contributed by atoms with E-state index >= 15 is 0 Å². The molecule has 0 bridgehead atoms. The van der Waals surface area contributed by atoms with Gasteiger partial charge in [-0.15, -0.1) is 0 Å². The molecular weight excluding hydrogens is 296 g/mol. The zero-order valence-electron chi connectivity index (χ0n) is 14.4. The van der Waals surface area contributed by atoms with E-state index < -0.39 is 0 Å². The number of nitrogens with one attached hydrogen (secondary N) is 1. The summed E-state index contributed by atoms with van der Waals surface area (Å²) in [6, 6.07) is 14.4. The van der Waals surface area contributed by atoms with Crippen LogP contribution in [0.3, 0.4) is 0 Å². The second-order valence-electron chi connectivity index (χ2n) is 6.85. The predicted molar refractivity (Wildman–Crippen MR) is 97.6 cm³/mol. The predicted octanol–water partition coefficient (Wildman–Crippen LogP) is 4.38. The lowest BCUT2D eigenvalue weighted by molar-refractivity contribution is -0.121. The van der Waals surface area contributed by atoms with Gasteiger partial charge in [-0.05, 0) is 37.3 Å². The Labute approximate surface area is 144 Å². The molecule has 3 nitrogen and oxygen atoms in total. The molecule has 1 amide bonds. The van der Waals surface area contributed by atoms with Crippen LogP contribution in [-0.4, -0.2) is 16.9 Å². The SMILES string of the molecule is C[C@H](NC(=O)Cc1ccc(-c2ccccc2)nc1)C1CCCCC1. The molecule has 1 heterocycles. The fourth-order valence-electron chi connectivity index (χ4n) is 3.55. The monoisotopic (exact) mass is 322 g/mol. The van der Waals surface area contributed by atoms with Gasteiger partial charge in [0.1, 0.15) is 0 Å². The third kappa shape index (κ3) is 4.44. The molecule has 3 heteroatoms. The topological polar surface area (TPSA) is 42.0 Å². The van der Waals surface area contributed by atoms with E-state index in [-0.39, 0.29) is 11.9 Å². The molecule has 1 aliphatic carbocycles. The van der Waals surface area contributed by atoms with Crippen LogP contribution < -0.4 is 5.32 Å². The van der Waals surface area contributed by atoms with Gasteiger partial charge in [0.05, 0.1) is 12.1 Å². The summed E-state index contributed by atoms with van der Waals surface area (Å²) >= 11 is 0. The van der Waals surface area contributed by atoms with Gasteiger partial charge >= 0.3 is 0 Å². The standard InChI is InChI=1S/C21H26N2O/c1-16(18-8-4-2-5-9-18)23-21(24)14-17-12-13-20(22-15-17)19-10-6-3-7-11-19/h3,6-7,10-13,15-16,18H,2,4-5,8-9,14H2,1H3,(H,23,24)/t16-/m0/s1. The third-order valence-corrected chi connectivity index (χ3v) is 5.00. The highest BCUT2D eigenvalue weighted by Crippen LogP contribution is 2.26. The van der Waals surface area contributed by atoms with Crippen LogP contribution in [0, 0.1) is 5.92 Å². The highest BCUT2D eigenvalue weighted by molar-refractivity contribution is 5.78. The van der Waals surface area contributed by atoms with Gasteiger partial charge < -0.3 is 5.32 Å². The lowest BCUT2D eigenvalue weighted by atomic mass is 9.84. The lowest BCUT2D eigenvalue weighted by Crippen LogP contribution is -2.39. The molecular formula is C21H26N2O. The fraction of sp³-hybridized carbons (Fsp3) is 0.429. The summed E-state index contributed by atoms with van der Waals surface area (Å²) in [6.07, 6.45) is 8.65. The minimum Gasteiger partial charge on any atom is -0.353 e. The van der Waals surface area contributed by atoms with E-state index in [1.807, 2.05) is 48.7 Å². The van der Waals surface area contributed by atoms with E-state index in [0.717, 1.165) is 16.8 Å². The molecule has 1 fully saturated rings. The van der Waals surface area contributed by atoms with Crippen LogP contribution in [0.5, 0.6) is 0 Å². The summed E-state index contributed by atoms with van der Waals surface area (Å²) in [4.78, 5) is 16.8. The van der Waals surface area contributed by atoms with Crippen molar-refractivity contribution in [1.29, 1.82) is 0 Å². The number of aromatic nitrogens is 1. The minimum absolute atomic E-state index is 0.0994. The molecule has 0 radical (unpaired) electrons. The smallest absolute Gasteiger partial charge is 0.224 e. The van der Waals surface area contributed by atoms with Crippen molar-refractivity contribution in [3.05, 3.63) is 54.2 Å². The van der Waals surface area contributed by atoms with Crippen molar-refractivity contribution in [2.24, 2.45) is 5.92 Å². The second kappa shape index (κ2) is 8.09. The molecule has 2 aromatic rings. The molecule has 0 aliphatic heterocycles. The van der Waals surface area contributed by atoms with E-state index in [9.17, 15) is 4.79 Å². The number of nitrogens with zero attached hydrogens (tertiary/aromatic N) is 1. The third-order valence-electron chi connectivity index (χ3n) is 5.00. The highest BCUT2D eigenvalue weighted by atomic mass is 16.1. The van der Waals surface area contributed by atoms with Crippen LogP contribution in [0.1, 0.15) is 44.6 Å². The summed E-state index contributed by atoms with van der Waals surface area (Å²) in [5.41, 5.74) is 3.00. The van der Waals surface area contributed by atoms with Crippen molar-refractivity contribution in [2.75, 3.05) is 0 Å². The maximum Gasteiger partial charge on any atom is 0.224 e. The number of carbonyl (C=O) groups is 1. The van der Waals surface area contributed by atoms with Crippen molar-refractivity contribution < 1.29 is 4.79 Å². The molecule has 24 heavy (non-hydrogen) atoms. The number of pyridine rings is 1. The van der Waals surface area contributed by atoms with Crippen LogP contribution in [0.2, 0.25) is 0 Å². The molecule has 1 saturated carbocycles. The first-order chi connectivity index (χ1) is 11.7. The largest absolute Gasteiger partial charge is 0.353 e. The van der Waals surface area contributed by atoms with E-state index in [2.05, 4.69) is 17.2 Å². The molecule has 1 aromatic carbocycles. The first-order valence-corrected chi connectivity index (χ1v) is 9.02. The molecule has 1 aromatic heterocycles. The first kappa shape index (κ1) is 16.7. The first-order valence-electron chi connectivity index (χ1n) is 9.02. The Hall–Kier alpha value is -2.16. The summed E-state index contributed by atoms with van der Waals surface area (Å²) in [5.74, 6) is 0.739. The fourth-order valence-corrected chi connectivity index (χ4v) is 3.55. The molecule has 3 rings (SSSR count). The Balaban J connectivity index is 1.54. The Morgan fingerprint density at radius 1 is 1.12 bits per heavy atom. The maximum atomic E-state index is 12.3. The minimum atomic E-state index is 0.0994. The molecule has 0 saturated heterocycles. The number of amides is 1. The van der Waals surface area contributed by atoms with Gasteiger partial charge in [-0.1, -0.05) is 55.7 Å². The lowest BCUT2D eigenvalue weighted by Gasteiger charge is -2.28. The Bertz CT molecular complexity index is 645. The van der Waals surface area contributed by atoms with Gasteiger partial charge in [0.25, 0.3) is 0 Å². The summed E-state index contributed by atoms with van der Waals surface area (Å²) < 4.78 is 0. The average Bonchev–Trinajstić information content (AvgIpc) is 2.64. The second-order valence-corrected chi connectivity index (χ2v) is 6.85. The summed E-state index contributed by atoms with van der Waals surface area (Å²) in [7, 11) is 0. The zero-order valence-corrected chi connectivity index (χ0v) is 14.4. The molecule has 0 spiro atoms. The number of carbonyl (C=O) groups excluding carboxylic acids is 1. The van der Waals surface area contributed by atoms with Gasteiger partial charge in [0.15, 0.2) is 0 Å². The number of rotatable bonds is 5. The molecule has 1 N–H and O–H groups in total. The highest BCUT2D eigenvalue weighted by Gasteiger charge is 2.21.